The lowest BCUT2D eigenvalue weighted by molar-refractivity contribution is -0.109. The molecular weight excluding hydrogens is 275 g/mol. The number of hydrogen-bond donors (Lipinski definition) is 0. The van der Waals surface area contributed by atoms with Gasteiger partial charge in [0.1, 0.15) is 6.29 Å². The number of halogens is 2. The van der Waals surface area contributed by atoms with E-state index in [1.54, 1.807) is 0 Å². The van der Waals surface area contributed by atoms with Crippen LogP contribution in [0.5, 0.6) is 0 Å². The predicted molar refractivity (Wildman–Crippen MR) is 65.8 cm³/mol. The van der Waals surface area contributed by atoms with Crippen LogP contribution in [0.25, 0.3) is 0 Å². The van der Waals surface area contributed by atoms with Crippen LogP contribution in [-0.2, 0) is 4.79 Å². The summed E-state index contributed by atoms with van der Waals surface area (Å²) in [4.78, 5) is 11.1. The fourth-order valence-electron chi connectivity index (χ4n) is 2.30. The smallest absolute Gasteiger partial charge is 0.137 e. The molecule has 0 saturated heterocycles. The summed E-state index contributed by atoms with van der Waals surface area (Å²) in [5.74, 6) is 0.212. The van der Waals surface area contributed by atoms with Crippen molar-refractivity contribution in [1.29, 1.82) is 0 Å². The van der Waals surface area contributed by atoms with Gasteiger partial charge in [-0.25, -0.2) is 0 Å². The molecule has 15 heavy (non-hydrogen) atoms. The second-order valence-corrected chi connectivity index (χ2v) is 5.89. The molecule has 2 unspecified atom stereocenters. The summed E-state index contributed by atoms with van der Waals surface area (Å²) in [5.41, 5.74) is 1.08. The SMILES string of the molecule is O=CC1(Br)CCCC1c1ccccc1Cl. The van der Waals surface area contributed by atoms with Gasteiger partial charge < -0.3 is 4.79 Å². The van der Waals surface area contributed by atoms with E-state index in [1.807, 2.05) is 24.3 Å². The van der Waals surface area contributed by atoms with Crippen LogP contribution in [-0.4, -0.2) is 10.6 Å². The minimum absolute atomic E-state index is 0.212. The standard InChI is InChI=1S/C12H12BrClO/c13-12(8-15)7-3-5-10(12)9-4-1-2-6-11(9)14/h1-2,4,6,8,10H,3,5,7H2. The summed E-state index contributed by atoms with van der Waals surface area (Å²) < 4.78 is -0.405. The molecule has 1 saturated carbocycles. The number of benzene rings is 1. The van der Waals surface area contributed by atoms with Crippen LogP contribution in [0.4, 0.5) is 0 Å². The Balaban J connectivity index is 2.39. The maximum atomic E-state index is 11.1. The Morgan fingerprint density at radius 3 is 2.87 bits per heavy atom. The van der Waals surface area contributed by atoms with Gasteiger partial charge in [-0.2, -0.15) is 0 Å². The number of carbonyl (C=O) groups excluding carboxylic acids is 1. The molecule has 3 heteroatoms. The van der Waals surface area contributed by atoms with Crippen LogP contribution in [0, 0.1) is 0 Å². The number of hydrogen-bond acceptors (Lipinski definition) is 1. The molecule has 0 aliphatic heterocycles. The summed E-state index contributed by atoms with van der Waals surface area (Å²) in [6.45, 7) is 0. The Bertz CT molecular complexity index is 380. The molecule has 2 rings (SSSR count). The predicted octanol–water partition coefficient (Wildman–Crippen LogP) is 3.94. The number of rotatable bonds is 2. The normalized spacial score (nSPS) is 30.4. The summed E-state index contributed by atoms with van der Waals surface area (Å²) in [7, 11) is 0. The van der Waals surface area contributed by atoms with E-state index < -0.39 is 4.32 Å². The number of aldehydes is 1. The second kappa shape index (κ2) is 4.26. The van der Waals surface area contributed by atoms with E-state index in [2.05, 4.69) is 15.9 Å². The van der Waals surface area contributed by atoms with E-state index in [0.29, 0.717) is 0 Å². The highest BCUT2D eigenvalue weighted by Crippen LogP contribution is 2.48. The zero-order valence-electron chi connectivity index (χ0n) is 8.25. The molecule has 1 aliphatic carbocycles. The molecule has 0 radical (unpaired) electrons. The highest BCUT2D eigenvalue weighted by atomic mass is 79.9. The first-order valence-corrected chi connectivity index (χ1v) is 6.24. The monoisotopic (exact) mass is 286 g/mol. The number of carbonyl (C=O) groups is 1. The van der Waals surface area contributed by atoms with Gasteiger partial charge in [0.15, 0.2) is 0 Å². The van der Waals surface area contributed by atoms with Crippen molar-refractivity contribution < 1.29 is 4.79 Å². The van der Waals surface area contributed by atoms with Crippen molar-refractivity contribution in [1.82, 2.24) is 0 Å². The summed E-state index contributed by atoms with van der Waals surface area (Å²) >= 11 is 9.71. The van der Waals surface area contributed by atoms with E-state index in [0.717, 1.165) is 36.1 Å². The van der Waals surface area contributed by atoms with Gasteiger partial charge in [-0.05, 0) is 24.5 Å². The van der Waals surface area contributed by atoms with E-state index in [4.69, 9.17) is 11.6 Å². The lowest BCUT2D eigenvalue weighted by atomic mass is 9.89. The Hall–Kier alpha value is -0.340. The maximum Gasteiger partial charge on any atom is 0.137 e. The fraction of sp³-hybridized carbons (Fsp3) is 0.417. The van der Waals surface area contributed by atoms with E-state index >= 15 is 0 Å². The van der Waals surface area contributed by atoms with Gasteiger partial charge in [-0.1, -0.05) is 52.2 Å². The molecule has 0 bridgehead atoms. The summed E-state index contributed by atoms with van der Waals surface area (Å²) in [6, 6.07) is 7.78. The number of alkyl halides is 1. The maximum absolute atomic E-state index is 11.1. The first kappa shape index (κ1) is 11.2. The Kier molecular flexibility index (Phi) is 3.17. The van der Waals surface area contributed by atoms with Gasteiger partial charge in [0.25, 0.3) is 0 Å². The second-order valence-electron chi connectivity index (χ2n) is 4.01. The molecule has 1 aromatic carbocycles. The molecule has 1 aliphatic rings. The molecule has 0 amide bonds. The quantitative estimate of drug-likeness (QED) is 0.595. The van der Waals surface area contributed by atoms with Gasteiger partial charge in [0.2, 0.25) is 0 Å². The first-order chi connectivity index (χ1) is 7.17. The molecule has 2 atom stereocenters. The Labute approximate surface area is 103 Å². The van der Waals surface area contributed by atoms with Gasteiger partial charge in [-0.15, -0.1) is 0 Å². The first-order valence-electron chi connectivity index (χ1n) is 5.07. The van der Waals surface area contributed by atoms with Gasteiger partial charge in [-0.3, -0.25) is 0 Å². The molecular formula is C12H12BrClO. The van der Waals surface area contributed by atoms with Crippen LogP contribution in [0.15, 0.2) is 24.3 Å². The molecule has 80 valence electrons. The highest BCUT2D eigenvalue weighted by molar-refractivity contribution is 9.10. The zero-order valence-corrected chi connectivity index (χ0v) is 10.6. The van der Waals surface area contributed by atoms with Gasteiger partial charge in [0.05, 0.1) is 4.32 Å². The minimum atomic E-state index is -0.405. The Morgan fingerprint density at radius 2 is 2.20 bits per heavy atom. The van der Waals surface area contributed by atoms with Crippen LogP contribution in [0.3, 0.4) is 0 Å². The largest absolute Gasteiger partial charge is 0.302 e. The summed E-state index contributed by atoms with van der Waals surface area (Å²) in [6.07, 6.45) is 4.01. The fourth-order valence-corrected chi connectivity index (χ4v) is 3.33. The average Bonchev–Trinajstić information content (AvgIpc) is 2.62. The molecule has 0 spiro atoms. The van der Waals surface area contributed by atoms with Gasteiger partial charge >= 0.3 is 0 Å². The van der Waals surface area contributed by atoms with E-state index in [9.17, 15) is 4.79 Å². The van der Waals surface area contributed by atoms with Crippen LogP contribution >= 0.6 is 27.5 Å². The van der Waals surface area contributed by atoms with Crippen LogP contribution in [0.1, 0.15) is 30.7 Å². The topological polar surface area (TPSA) is 17.1 Å². The molecule has 0 N–H and O–H groups in total. The molecule has 1 fully saturated rings. The van der Waals surface area contributed by atoms with Crippen molar-refractivity contribution in [2.75, 3.05) is 0 Å². The average molecular weight is 288 g/mol. The third-order valence-corrected chi connectivity index (χ3v) is 4.59. The lowest BCUT2D eigenvalue weighted by Gasteiger charge is -2.24. The molecule has 1 aromatic rings. The molecule has 0 aromatic heterocycles. The highest BCUT2D eigenvalue weighted by Gasteiger charge is 2.42. The van der Waals surface area contributed by atoms with Gasteiger partial charge in [0, 0.05) is 10.9 Å². The van der Waals surface area contributed by atoms with Crippen LogP contribution < -0.4 is 0 Å². The molecule has 0 heterocycles. The van der Waals surface area contributed by atoms with Crippen molar-refractivity contribution in [2.24, 2.45) is 0 Å². The van der Waals surface area contributed by atoms with E-state index in [1.165, 1.54) is 0 Å². The Morgan fingerprint density at radius 1 is 1.47 bits per heavy atom. The van der Waals surface area contributed by atoms with Crippen LogP contribution in [0.2, 0.25) is 5.02 Å². The molecule has 1 nitrogen and oxygen atoms in total. The third kappa shape index (κ3) is 1.98. The summed E-state index contributed by atoms with van der Waals surface area (Å²) in [5, 5.41) is 0.759. The van der Waals surface area contributed by atoms with Crippen molar-refractivity contribution in [3.05, 3.63) is 34.9 Å². The van der Waals surface area contributed by atoms with Crippen molar-refractivity contribution in [3.63, 3.8) is 0 Å². The third-order valence-electron chi connectivity index (χ3n) is 3.11. The van der Waals surface area contributed by atoms with Crippen molar-refractivity contribution in [2.45, 2.75) is 29.5 Å². The lowest BCUT2D eigenvalue weighted by Crippen LogP contribution is -2.26. The zero-order chi connectivity index (χ0) is 10.9. The van der Waals surface area contributed by atoms with Crippen molar-refractivity contribution >= 4 is 33.8 Å². The van der Waals surface area contributed by atoms with Crippen molar-refractivity contribution in [3.8, 4) is 0 Å². The van der Waals surface area contributed by atoms with E-state index in [-0.39, 0.29) is 5.92 Å². The minimum Gasteiger partial charge on any atom is -0.302 e.